The lowest BCUT2D eigenvalue weighted by molar-refractivity contribution is -0.154. The van der Waals surface area contributed by atoms with Gasteiger partial charge in [0.2, 0.25) is 0 Å². The first-order valence-electron chi connectivity index (χ1n) is 11.6. The second-order valence-electron chi connectivity index (χ2n) is 8.20. The van der Waals surface area contributed by atoms with Crippen molar-refractivity contribution in [3.63, 3.8) is 0 Å². The van der Waals surface area contributed by atoms with Crippen LogP contribution >= 0.6 is 15.9 Å². The molecular weight excluding hydrogens is 614 g/mol. The van der Waals surface area contributed by atoms with E-state index < -0.39 is 37.6 Å². The van der Waals surface area contributed by atoms with Crippen LogP contribution in [0.1, 0.15) is 25.0 Å². The van der Waals surface area contributed by atoms with Crippen molar-refractivity contribution in [3.8, 4) is 29.1 Å². The standard InChI is InChI=1S/C27H25BrF6O6/c1-3-37-24(25(35)36)13-19-6-7-23(22(28)12-19)38-9-8-17(2)4-5-18-10-20(39-15-26(29,30)31)14-21(11-18)40-16-27(32,33)34/h6-8,10-12,14,24H,3,9,13,15-16H2,1-2H3,(H,35,36)/t24-/m0/s1. The van der Waals surface area contributed by atoms with Crippen molar-refractivity contribution in [2.24, 2.45) is 0 Å². The number of ether oxygens (including phenoxy) is 4. The van der Waals surface area contributed by atoms with Crippen molar-refractivity contribution in [1.29, 1.82) is 0 Å². The van der Waals surface area contributed by atoms with Crippen LogP contribution in [0.15, 0.2) is 52.5 Å². The second-order valence-corrected chi connectivity index (χ2v) is 9.05. The van der Waals surface area contributed by atoms with Crippen LogP contribution in [0, 0.1) is 11.8 Å². The monoisotopic (exact) mass is 638 g/mol. The summed E-state index contributed by atoms with van der Waals surface area (Å²) in [6.07, 6.45) is -8.48. The number of carboxylic acid groups (broad SMARTS) is 1. The summed E-state index contributed by atoms with van der Waals surface area (Å²) in [5.41, 5.74) is 1.31. The van der Waals surface area contributed by atoms with Gasteiger partial charge in [-0.15, -0.1) is 0 Å². The Balaban J connectivity index is 2.09. The van der Waals surface area contributed by atoms with Gasteiger partial charge in [-0.2, -0.15) is 26.3 Å². The third-order valence-electron chi connectivity index (χ3n) is 4.78. The van der Waals surface area contributed by atoms with E-state index in [4.69, 9.17) is 9.47 Å². The van der Waals surface area contributed by atoms with Gasteiger partial charge in [0.25, 0.3) is 0 Å². The number of aliphatic carboxylic acids is 1. The van der Waals surface area contributed by atoms with Crippen LogP contribution in [0.2, 0.25) is 0 Å². The maximum atomic E-state index is 12.5. The zero-order chi connectivity index (χ0) is 29.9. The molecule has 0 aromatic heterocycles. The number of carbonyl (C=O) groups is 1. The van der Waals surface area contributed by atoms with Gasteiger partial charge in [0, 0.05) is 24.7 Å². The first-order valence-corrected chi connectivity index (χ1v) is 12.4. The predicted molar refractivity (Wildman–Crippen MR) is 137 cm³/mol. The molecule has 6 nitrogen and oxygen atoms in total. The van der Waals surface area contributed by atoms with Crippen LogP contribution in [0.4, 0.5) is 26.3 Å². The molecule has 1 atom stereocenters. The lowest BCUT2D eigenvalue weighted by Crippen LogP contribution is -2.26. The van der Waals surface area contributed by atoms with Crippen LogP contribution in [0.3, 0.4) is 0 Å². The SMILES string of the molecule is CCO[C@@H](Cc1ccc(OCC=C(C)C#Cc2cc(OCC(F)(F)F)cc(OCC(F)(F)F)c2)c(Br)c1)C(=O)O. The van der Waals surface area contributed by atoms with Crippen molar-refractivity contribution in [3.05, 3.63) is 63.6 Å². The Labute approximate surface area is 235 Å². The van der Waals surface area contributed by atoms with Gasteiger partial charge in [-0.1, -0.05) is 17.9 Å². The molecule has 0 unspecified atom stereocenters. The average Bonchev–Trinajstić information content (AvgIpc) is 2.85. The molecule has 0 radical (unpaired) electrons. The number of rotatable bonds is 12. The van der Waals surface area contributed by atoms with E-state index in [1.54, 1.807) is 38.1 Å². The molecule has 2 aromatic rings. The molecule has 0 fully saturated rings. The normalized spacial score (nSPS) is 12.8. The molecule has 2 aromatic carbocycles. The van der Waals surface area contributed by atoms with Crippen molar-refractivity contribution in [1.82, 2.24) is 0 Å². The Hall–Kier alpha value is -3.37. The Kier molecular flexibility index (Phi) is 12.2. The molecule has 1 N–H and O–H groups in total. The van der Waals surface area contributed by atoms with Crippen molar-refractivity contribution in [2.75, 3.05) is 26.4 Å². The Morgan fingerprint density at radius 1 is 1.00 bits per heavy atom. The molecule has 0 bridgehead atoms. The maximum Gasteiger partial charge on any atom is 0.422 e. The fourth-order valence-corrected chi connectivity index (χ4v) is 3.58. The van der Waals surface area contributed by atoms with Gasteiger partial charge in [0.05, 0.1) is 4.47 Å². The number of halogens is 7. The minimum absolute atomic E-state index is 0.0792. The second kappa shape index (κ2) is 14.9. The maximum absolute atomic E-state index is 12.5. The Morgan fingerprint density at radius 3 is 2.10 bits per heavy atom. The highest BCUT2D eigenvalue weighted by atomic mass is 79.9. The molecule has 0 aliphatic carbocycles. The van der Waals surface area contributed by atoms with Gasteiger partial charge in [-0.25, -0.2) is 4.79 Å². The summed E-state index contributed by atoms with van der Waals surface area (Å²) in [6.45, 7) is 0.419. The molecule has 0 spiro atoms. The van der Waals surface area contributed by atoms with E-state index in [1.165, 1.54) is 0 Å². The van der Waals surface area contributed by atoms with Gasteiger partial charge in [0.15, 0.2) is 19.3 Å². The van der Waals surface area contributed by atoms with E-state index >= 15 is 0 Å². The number of hydrogen-bond donors (Lipinski definition) is 1. The number of alkyl halides is 6. The smallest absolute Gasteiger partial charge is 0.422 e. The summed E-state index contributed by atoms with van der Waals surface area (Å²) in [5, 5.41) is 9.23. The van der Waals surface area contributed by atoms with Gasteiger partial charge < -0.3 is 24.1 Å². The van der Waals surface area contributed by atoms with Crippen molar-refractivity contribution < 1.29 is 55.2 Å². The number of benzene rings is 2. The fourth-order valence-electron chi connectivity index (χ4n) is 3.04. The lowest BCUT2D eigenvalue weighted by atomic mass is 10.1. The molecule has 2 rings (SSSR count). The zero-order valence-corrected chi connectivity index (χ0v) is 22.9. The first kappa shape index (κ1) is 32.8. The van der Waals surface area contributed by atoms with Crippen LogP contribution in [-0.4, -0.2) is 56.0 Å². The lowest BCUT2D eigenvalue weighted by Gasteiger charge is -2.13. The molecule has 218 valence electrons. The van der Waals surface area contributed by atoms with E-state index in [0.29, 0.717) is 15.8 Å². The van der Waals surface area contributed by atoms with Gasteiger partial charge in [-0.05, 0) is 71.3 Å². The molecule has 13 heteroatoms. The highest BCUT2D eigenvalue weighted by Gasteiger charge is 2.30. The quantitative estimate of drug-likeness (QED) is 0.205. The first-order chi connectivity index (χ1) is 18.6. The molecule has 40 heavy (non-hydrogen) atoms. The van der Waals surface area contributed by atoms with Crippen molar-refractivity contribution in [2.45, 2.75) is 38.7 Å². The molecule has 0 aliphatic rings. The highest BCUT2D eigenvalue weighted by molar-refractivity contribution is 9.10. The largest absolute Gasteiger partial charge is 0.488 e. The summed E-state index contributed by atoms with van der Waals surface area (Å²) in [5.74, 6) is 4.12. The Bertz CT molecular complexity index is 1210. The topological polar surface area (TPSA) is 74.2 Å². The van der Waals surface area contributed by atoms with Crippen LogP contribution in [0.25, 0.3) is 0 Å². The average molecular weight is 639 g/mol. The highest BCUT2D eigenvalue weighted by Crippen LogP contribution is 2.28. The third-order valence-corrected chi connectivity index (χ3v) is 5.40. The molecule has 0 saturated heterocycles. The molecule has 0 saturated carbocycles. The van der Waals surface area contributed by atoms with Crippen LogP contribution in [-0.2, 0) is 16.0 Å². The number of carboxylic acids is 1. The van der Waals surface area contributed by atoms with Crippen LogP contribution in [0.5, 0.6) is 17.2 Å². The zero-order valence-electron chi connectivity index (χ0n) is 21.3. The van der Waals surface area contributed by atoms with Gasteiger partial charge in [-0.3, -0.25) is 0 Å². The van der Waals surface area contributed by atoms with E-state index in [2.05, 4.69) is 37.2 Å². The van der Waals surface area contributed by atoms with Gasteiger partial charge in [0.1, 0.15) is 23.9 Å². The van der Waals surface area contributed by atoms with Crippen LogP contribution < -0.4 is 14.2 Å². The van der Waals surface area contributed by atoms with E-state index in [1.807, 2.05) is 0 Å². The molecule has 0 heterocycles. The van der Waals surface area contributed by atoms with Crippen molar-refractivity contribution >= 4 is 21.9 Å². The number of hydrogen-bond acceptors (Lipinski definition) is 5. The van der Waals surface area contributed by atoms with E-state index in [9.17, 15) is 36.2 Å². The Morgan fingerprint density at radius 2 is 1.60 bits per heavy atom. The van der Waals surface area contributed by atoms with E-state index in [0.717, 1.165) is 23.8 Å². The minimum atomic E-state index is -4.65. The third kappa shape index (κ3) is 12.7. The summed E-state index contributed by atoms with van der Waals surface area (Å²) < 4.78 is 95.8. The minimum Gasteiger partial charge on any atom is -0.488 e. The number of allylic oxidation sites excluding steroid dienone is 1. The summed E-state index contributed by atoms with van der Waals surface area (Å²) >= 11 is 3.38. The summed E-state index contributed by atoms with van der Waals surface area (Å²) in [4.78, 5) is 11.3. The fraction of sp³-hybridized carbons (Fsp3) is 0.370. The predicted octanol–water partition coefficient (Wildman–Crippen LogP) is 6.74. The molecule has 0 amide bonds. The summed E-state index contributed by atoms with van der Waals surface area (Å²) in [6, 6.07) is 8.31. The molecule has 0 aliphatic heterocycles. The molecular formula is C27H25BrF6O6. The summed E-state index contributed by atoms with van der Waals surface area (Å²) in [7, 11) is 0. The van der Waals surface area contributed by atoms with E-state index in [-0.39, 0.29) is 36.7 Å². The van der Waals surface area contributed by atoms with Gasteiger partial charge >= 0.3 is 18.3 Å².